The lowest BCUT2D eigenvalue weighted by Crippen LogP contribution is -2.00. The maximum Gasteiger partial charge on any atom is 0.102 e. The third kappa shape index (κ3) is 2.00. The zero-order valence-electron chi connectivity index (χ0n) is 10.2. The summed E-state index contributed by atoms with van der Waals surface area (Å²) in [4.78, 5) is 0. The van der Waals surface area contributed by atoms with Crippen LogP contribution in [-0.4, -0.2) is 4.57 Å². The molecule has 0 N–H and O–H groups in total. The molecule has 1 aromatic heterocycles. The average Bonchev–Trinajstić information content (AvgIpc) is 2.62. The molecule has 2 aromatic rings. The van der Waals surface area contributed by atoms with Crippen molar-refractivity contribution >= 4 is 15.9 Å². The summed E-state index contributed by atoms with van der Waals surface area (Å²) in [6.45, 7) is 6.43. The molecule has 0 fully saturated rings. The van der Waals surface area contributed by atoms with Gasteiger partial charge in [-0.3, -0.25) is 0 Å². The molecule has 18 heavy (non-hydrogen) atoms. The quantitative estimate of drug-likeness (QED) is 0.778. The molecule has 0 spiro atoms. The minimum atomic E-state index is 0.690. The van der Waals surface area contributed by atoms with Gasteiger partial charge in [0.15, 0.2) is 0 Å². The van der Waals surface area contributed by atoms with Gasteiger partial charge in [-0.1, -0.05) is 36.4 Å². The summed E-state index contributed by atoms with van der Waals surface area (Å²) in [7, 11) is 0. The van der Waals surface area contributed by atoms with E-state index in [1.165, 1.54) is 0 Å². The van der Waals surface area contributed by atoms with E-state index in [1.807, 2.05) is 43.3 Å². The largest absolute Gasteiger partial charge is 0.339 e. The molecule has 0 aliphatic rings. The highest BCUT2D eigenvalue weighted by molar-refractivity contribution is 9.10. The molecule has 0 unspecified atom stereocenters. The average molecular weight is 301 g/mol. The number of halogens is 1. The van der Waals surface area contributed by atoms with E-state index in [0.29, 0.717) is 12.1 Å². The summed E-state index contributed by atoms with van der Waals surface area (Å²) in [6.07, 6.45) is 1.84. The Labute approximate surface area is 115 Å². The first-order chi connectivity index (χ1) is 8.70. The van der Waals surface area contributed by atoms with Crippen LogP contribution in [0.5, 0.6) is 0 Å². The molecule has 2 rings (SSSR count). The highest BCUT2D eigenvalue weighted by Crippen LogP contribution is 2.35. The van der Waals surface area contributed by atoms with E-state index in [9.17, 15) is 5.26 Å². The normalized spacial score (nSPS) is 10.1. The van der Waals surface area contributed by atoms with E-state index >= 15 is 0 Å². The number of hydrogen-bond donors (Lipinski definition) is 0. The molecule has 3 heteroatoms. The van der Waals surface area contributed by atoms with Crippen molar-refractivity contribution in [2.45, 2.75) is 13.5 Å². The standard InChI is InChI=1S/C15H13BrN2/c1-3-9-18-11(2)13(10-17)14(16)15(18)12-7-5-4-6-8-12/h3-8H,1,9H2,2H3. The first-order valence-electron chi connectivity index (χ1n) is 5.65. The molecule has 0 atom stereocenters. The van der Waals surface area contributed by atoms with Crippen LogP contribution in [0.1, 0.15) is 11.3 Å². The van der Waals surface area contributed by atoms with Gasteiger partial charge in [-0.2, -0.15) is 5.26 Å². The van der Waals surface area contributed by atoms with Crippen molar-refractivity contribution < 1.29 is 0 Å². The number of nitriles is 1. The Morgan fingerprint density at radius 2 is 2.06 bits per heavy atom. The summed E-state index contributed by atoms with van der Waals surface area (Å²) in [5.41, 5.74) is 3.78. The van der Waals surface area contributed by atoms with Gasteiger partial charge in [0.05, 0.1) is 15.7 Å². The van der Waals surface area contributed by atoms with E-state index in [-0.39, 0.29) is 0 Å². The first-order valence-corrected chi connectivity index (χ1v) is 6.45. The molecular weight excluding hydrogens is 288 g/mol. The SMILES string of the molecule is C=CCn1c(C)c(C#N)c(Br)c1-c1ccccc1. The van der Waals surface area contributed by atoms with Crippen LogP contribution in [0.3, 0.4) is 0 Å². The Hall–Kier alpha value is -1.79. The number of hydrogen-bond acceptors (Lipinski definition) is 1. The van der Waals surface area contributed by atoms with Gasteiger partial charge in [0, 0.05) is 12.2 Å². The molecule has 0 aliphatic carbocycles. The van der Waals surface area contributed by atoms with Crippen LogP contribution in [0.25, 0.3) is 11.3 Å². The summed E-state index contributed by atoms with van der Waals surface area (Å²) < 4.78 is 2.96. The van der Waals surface area contributed by atoms with Gasteiger partial charge in [0.1, 0.15) is 6.07 Å². The lowest BCUT2D eigenvalue weighted by Gasteiger charge is -2.09. The summed E-state index contributed by atoms with van der Waals surface area (Å²) in [6, 6.07) is 12.3. The second kappa shape index (κ2) is 5.24. The Morgan fingerprint density at radius 3 is 2.61 bits per heavy atom. The Morgan fingerprint density at radius 1 is 1.39 bits per heavy atom. The van der Waals surface area contributed by atoms with Crippen molar-refractivity contribution in [2.75, 3.05) is 0 Å². The predicted octanol–water partition coefficient (Wildman–Crippen LogP) is 4.28. The van der Waals surface area contributed by atoms with Crippen LogP contribution in [0.4, 0.5) is 0 Å². The zero-order valence-corrected chi connectivity index (χ0v) is 11.7. The van der Waals surface area contributed by atoms with Gasteiger partial charge in [-0.25, -0.2) is 0 Å². The van der Waals surface area contributed by atoms with E-state index in [0.717, 1.165) is 21.4 Å². The number of benzene rings is 1. The zero-order chi connectivity index (χ0) is 13.1. The van der Waals surface area contributed by atoms with Gasteiger partial charge < -0.3 is 4.57 Å². The van der Waals surface area contributed by atoms with Gasteiger partial charge in [-0.05, 0) is 28.4 Å². The van der Waals surface area contributed by atoms with Crippen LogP contribution in [0.15, 0.2) is 47.5 Å². The highest BCUT2D eigenvalue weighted by Gasteiger charge is 2.18. The van der Waals surface area contributed by atoms with Gasteiger partial charge in [-0.15, -0.1) is 6.58 Å². The third-order valence-electron chi connectivity index (χ3n) is 2.93. The molecule has 0 radical (unpaired) electrons. The number of aromatic nitrogens is 1. The Balaban J connectivity index is 2.74. The minimum absolute atomic E-state index is 0.690. The maximum absolute atomic E-state index is 9.23. The first kappa shape index (κ1) is 12.7. The molecular formula is C15H13BrN2. The van der Waals surface area contributed by atoms with Crippen molar-refractivity contribution in [2.24, 2.45) is 0 Å². The van der Waals surface area contributed by atoms with E-state index < -0.39 is 0 Å². The molecule has 1 heterocycles. The van der Waals surface area contributed by atoms with E-state index in [4.69, 9.17) is 0 Å². The summed E-state index contributed by atoms with van der Waals surface area (Å²) in [5, 5.41) is 9.23. The fourth-order valence-electron chi connectivity index (χ4n) is 2.06. The molecule has 2 nitrogen and oxygen atoms in total. The molecule has 1 aromatic carbocycles. The minimum Gasteiger partial charge on any atom is -0.339 e. The van der Waals surface area contributed by atoms with Gasteiger partial charge in [0.25, 0.3) is 0 Å². The maximum atomic E-state index is 9.23. The van der Waals surface area contributed by atoms with Gasteiger partial charge in [0.2, 0.25) is 0 Å². The summed E-state index contributed by atoms with van der Waals surface area (Å²) in [5.74, 6) is 0. The summed E-state index contributed by atoms with van der Waals surface area (Å²) >= 11 is 3.54. The molecule has 0 amide bonds. The van der Waals surface area contributed by atoms with Crippen molar-refractivity contribution in [3.05, 3.63) is 58.7 Å². The number of rotatable bonds is 3. The van der Waals surface area contributed by atoms with E-state index in [1.54, 1.807) is 0 Å². The molecule has 0 saturated carbocycles. The lowest BCUT2D eigenvalue weighted by molar-refractivity contribution is 0.805. The monoisotopic (exact) mass is 300 g/mol. The predicted molar refractivity (Wildman–Crippen MR) is 77.2 cm³/mol. The van der Waals surface area contributed by atoms with Crippen LogP contribution in [-0.2, 0) is 6.54 Å². The topological polar surface area (TPSA) is 28.7 Å². The Bertz CT molecular complexity index is 618. The second-order valence-corrected chi connectivity index (χ2v) is 4.79. The van der Waals surface area contributed by atoms with Crippen molar-refractivity contribution in [1.82, 2.24) is 4.57 Å². The number of nitrogens with zero attached hydrogens (tertiary/aromatic N) is 2. The van der Waals surface area contributed by atoms with Crippen LogP contribution < -0.4 is 0 Å². The number of allylic oxidation sites excluding steroid dienone is 1. The smallest absolute Gasteiger partial charge is 0.102 e. The van der Waals surface area contributed by atoms with Crippen LogP contribution in [0, 0.1) is 18.3 Å². The molecule has 0 saturated heterocycles. The molecule has 0 aliphatic heterocycles. The van der Waals surface area contributed by atoms with Crippen molar-refractivity contribution in [1.29, 1.82) is 5.26 Å². The Kier molecular flexibility index (Phi) is 3.69. The second-order valence-electron chi connectivity index (χ2n) is 4.00. The van der Waals surface area contributed by atoms with Crippen molar-refractivity contribution in [3.63, 3.8) is 0 Å². The van der Waals surface area contributed by atoms with Crippen LogP contribution in [0.2, 0.25) is 0 Å². The fraction of sp³-hybridized carbons (Fsp3) is 0.133. The molecule has 0 bridgehead atoms. The molecule has 90 valence electrons. The highest BCUT2D eigenvalue weighted by atomic mass is 79.9. The van der Waals surface area contributed by atoms with Crippen LogP contribution >= 0.6 is 15.9 Å². The fourth-order valence-corrected chi connectivity index (χ4v) is 2.88. The van der Waals surface area contributed by atoms with Gasteiger partial charge >= 0.3 is 0 Å². The van der Waals surface area contributed by atoms with E-state index in [2.05, 4.69) is 33.1 Å². The van der Waals surface area contributed by atoms with Crippen molar-refractivity contribution in [3.8, 4) is 17.3 Å². The third-order valence-corrected chi connectivity index (χ3v) is 3.71. The lowest BCUT2D eigenvalue weighted by atomic mass is 10.1.